The zero-order valence-corrected chi connectivity index (χ0v) is 14.2. The Hall–Kier alpha value is -2.41. The lowest BCUT2D eigenvalue weighted by atomic mass is 9.96. The predicted octanol–water partition coefficient (Wildman–Crippen LogP) is 1.78. The highest BCUT2D eigenvalue weighted by atomic mass is 15.4. The van der Waals surface area contributed by atoms with Gasteiger partial charge in [-0.05, 0) is 56.8 Å². The van der Waals surface area contributed by atoms with Crippen molar-refractivity contribution in [2.45, 2.75) is 44.6 Å². The SMILES string of the molecule is c1ncc(CN2CCC(c3nnc4cc5c(nn34)CCC5)CC2)cn1. The maximum Gasteiger partial charge on any atom is 0.178 e. The van der Waals surface area contributed by atoms with Crippen LogP contribution in [0.1, 0.15) is 47.8 Å². The van der Waals surface area contributed by atoms with E-state index >= 15 is 0 Å². The van der Waals surface area contributed by atoms with Gasteiger partial charge in [-0.1, -0.05) is 0 Å². The molecular weight excluding hydrogens is 314 g/mol. The van der Waals surface area contributed by atoms with Crippen LogP contribution in [0.5, 0.6) is 0 Å². The molecule has 0 aromatic carbocycles. The molecule has 0 unspecified atom stereocenters. The van der Waals surface area contributed by atoms with Gasteiger partial charge >= 0.3 is 0 Å². The van der Waals surface area contributed by atoms with Crippen LogP contribution in [0.4, 0.5) is 0 Å². The van der Waals surface area contributed by atoms with Crippen LogP contribution >= 0.6 is 0 Å². The summed E-state index contributed by atoms with van der Waals surface area (Å²) in [6.07, 6.45) is 11.0. The molecule has 1 aliphatic carbocycles. The standard InChI is InChI=1S/C18H21N7/c1-2-15-8-17-21-22-18(25(17)23-16(15)3-1)14-4-6-24(7-5-14)11-13-9-19-12-20-10-13/h8-10,12,14H,1-7,11H2. The summed E-state index contributed by atoms with van der Waals surface area (Å²) in [6, 6.07) is 2.18. The Kier molecular flexibility index (Phi) is 3.66. The normalized spacial score (nSPS) is 18.7. The van der Waals surface area contributed by atoms with Crippen molar-refractivity contribution in [1.82, 2.24) is 34.7 Å². The van der Waals surface area contributed by atoms with Crippen molar-refractivity contribution in [2.24, 2.45) is 0 Å². The van der Waals surface area contributed by atoms with E-state index in [2.05, 4.69) is 31.1 Å². The first-order valence-corrected chi connectivity index (χ1v) is 9.07. The summed E-state index contributed by atoms with van der Waals surface area (Å²) in [6.45, 7) is 3.03. The number of aromatic nitrogens is 6. The summed E-state index contributed by atoms with van der Waals surface area (Å²) in [5, 5.41) is 13.7. The molecule has 3 aromatic heterocycles. The van der Waals surface area contributed by atoms with Crippen molar-refractivity contribution >= 4 is 5.65 Å². The highest BCUT2D eigenvalue weighted by molar-refractivity contribution is 5.43. The van der Waals surface area contributed by atoms with Gasteiger partial charge in [0, 0.05) is 30.4 Å². The zero-order chi connectivity index (χ0) is 16.6. The molecule has 0 N–H and O–H groups in total. The zero-order valence-electron chi connectivity index (χ0n) is 14.2. The van der Waals surface area contributed by atoms with Crippen LogP contribution < -0.4 is 0 Å². The second-order valence-corrected chi connectivity index (χ2v) is 7.10. The van der Waals surface area contributed by atoms with Crippen molar-refractivity contribution < 1.29 is 0 Å². The third-order valence-electron chi connectivity index (χ3n) is 5.42. The lowest BCUT2D eigenvalue weighted by molar-refractivity contribution is 0.200. The topological polar surface area (TPSA) is 72.1 Å². The maximum absolute atomic E-state index is 4.84. The molecule has 0 saturated carbocycles. The van der Waals surface area contributed by atoms with Crippen LogP contribution in [0.3, 0.4) is 0 Å². The molecule has 1 fully saturated rings. The molecule has 1 aliphatic heterocycles. The third kappa shape index (κ3) is 2.78. The van der Waals surface area contributed by atoms with Crippen molar-refractivity contribution in [1.29, 1.82) is 0 Å². The Balaban J connectivity index is 1.32. The second kappa shape index (κ2) is 6.15. The molecule has 4 heterocycles. The third-order valence-corrected chi connectivity index (χ3v) is 5.42. The van der Waals surface area contributed by atoms with E-state index < -0.39 is 0 Å². The molecule has 0 radical (unpaired) electrons. The minimum Gasteiger partial charge on any atom is -0.299 e. The maximum atomic E-state index is 4.84. The molecule has 3 aromatic rings. The quantitative estimate of drug-likeness (QED) is 0.726. The predicted molar refractivity (Wildman–Crippen MR) is 92.1 cm³/mol. The van der Waals surface area contributed by atoms with Crippen LogP contribution in [-0.4, -0.2) is 47.8 Å². The Morgan fingerprint density at radius 3 is 2.72 bits per heavy atom. The molecule has 0 spiro atoms. The number of rotatable bonds is 3. The monoisotopic (exact) mass is 335 g/mol. The van der Waals surface area contributed by atoms with Gasteiger partial charge < -0.3 is 0 Å². The van der Waals surface area contributed by atoms with Gasteiger partial charge in [0.2, 0.25) is 0 Å². The van der Waals surface area contributed by atoms with Gasteiger partial charge in [-0.15, -0.1) is 10.2 Å². The number of hydrogen-bond acceptors (Lipinski definition) is 6. The van der Waals surface area contributed by atoms with E-state index in [4.69, 9.17) is 5.10 Å². The first kappa shape index (κ1) is 14.9. The molecular formula is C18H21N7. The van der Waals surface area contributed by atoms with Crippen molar-refractivity contribution in [3.63, 3.8) is 0 Å². The summed E-state index contributed by atoms with van der Waals surface area (Å²) >= 11 is 0. The minimum atomic E-state index is 0.435. The van der Waals surface area contributed by atoms with E-state index in [1.165, 1.54) is 23.2 Å². The van der Waals surface area contributed by atoms with Gasteiger partial charge in [-0.3, -0.25) is 4.90 Å². The Bertz CT molecular complexity index is 881. The molecule has 0 amide bonds. The van der Waals surface area contributed by atoms with Gasteiger partial charge in [0.1, 0.15) is 6.33 Å². The fourth-order valence-corrected chi connectivity index (χ4v) is 4.07. The lowest BCUT2D eigenvalue weighted by Crippen LogP contribution is -2.33. The average molecular weight is 335 g/mol. The van der Waals surface area contributed by atoms with Crippen molar-refractivity contribution in [2.75, 3.05) is 13.1 Å². The highest BCUT2D eigenvalue weighted by Gasteiger charge is 2.26. The smallest absolute Gasteiger partial charge is 0.178 e. The number of fused-ring (bicyclic) bond motifs is 2. The Morgan fingerprint density at radius 1 is 1.04 bits per heavy atom. The van der Waals surface area contributed by atoms with Gasteiger partial charge in [-0.2, -0.15) is 9.61 Å². The molecule has 1 saturated heterocycles. The van der Waals surface area contributed by atoms with E-state index in [1.807, 2.05) is 16.9 Å². The molecule has 25 heavy (non-hydrogen) atoms. The van der Waals surface area contributed by atoms with E-state index in [9.17, 15) is 0 Å². The lowest BCUT2D eigenvalue weighted by Gasteiger charge is -2.30. The van der Waals surface area contributed by atoms with Gasteiger partial charge in [-0.25, -0.2) is 9.97 Å². The molecule has 128 valence electrons. The number of likely N-dealkylation sites (tertiary alicyclic amines) is 1. The number of hydrogen-bond donors (Lipinski definition) is 0. The van der Waals surface area contributed by atoms with Crippen LogP contribution in [0.25, 0.3) is 5.65 Å². The van der Waals surface area contributed by atoms with E-state index in [0.717, 1.165) is 56.8 Å². The van der Waals surface area contributed by atoms with Gasteiger partial charge in [0.15, 0.2) is 11.5 Å². The highest BCUT2D eigenvalue weighted by Crippen LogP contribution is 2.29. The molecule has 0 bridgehead atoms. The summed E-state index contributed by atoms with van der Waals surface area (Å²) in [5.74, 6) is 1.47. The summed E-state index contributed by atoms with van der Waals surface area (Å²) in [7, 11) is 0. The number of nitrogens with zero attached hydrogens (tertiary/aromatic N) is 7. The van der Waals surface area contributed by atoms with Crippen LogP contribution in [0.15, 0.2) is 24.8 Å². The fraction of sp³-hybridized carbons (Fsp3) is 0.500. The van der Waals surface area contributed by atoms with E-state index in [1.54, 1.807) is 6.33 Å². The fourth-order valence-electron chi connectivity index (χ4n) is 4.07. The average Bonchev–Trinajstić information content (AvgIpc) is 3.27. The van der Waals surface area contributed by atoms with E-state index in [0.29, 0.717) is 5.92 Å². The number of piperidine rings is 1. The molecule has 7 nitrogen and oxygen atoms in total. The molecule has 2 aliphatic rings. The molecule has 0 atom stereocenters. The van der Waals surface area contributed by atoms with Crippen molar-refractivity contribution in [3.8, 4) is 0 Å². The van der Waals surface area contributed by atoms with Gasteiger partial charge in [0.05, 0.1) is 5.69 Å². The van der Waals surface area contributed by atoms with Crippen LogP contribution in [0, 0.1) is 0 Å². The van der Waals surface area contributed by atoms with Crippen LogP contribution in [-0.2, 0) is 19.4 Å². The second-order valence-electron chi connectivity index (χ2n) is 7.10. The number of aryl methyl sites for hydroxylation is 2. The first-order chi connectivity index (χ1) is 12.4. The van der Waals surface area contributed by atoms with Gasteiger partial charge in [0.25, 0.3) is 0 Å². The Labute approximate surface area is 146 Å². The summed E-state index contributed by atoms with van der Waals surface area (Å²) in [4.78, 5) is 10.7. The largest absolute Gasteiger partial charge is 0.299 e. The molecule has 7 heteroatoms. The summed E-state index contributed by atoms with van der Waals surface area (Å²) in [5.41, 5.74) is 4.66. The summed E-state index contributed by atoms with van der Waals surface area (Å²) < 4.78 is 2.00. The molecule has 5 rings (SSSR count). The first-order valence-electron chi connectivity index (χ1n) is 9.07. The van der Waals surface area contributed by atoms with Crippen LogP contribution in [0.2, 0.25) is 0 Å². The Morgan fingerprint density at radius 2 is 1.88 bits per heavy atom. The minimum absolute atomic E-state index is 0.435. The van der Waals surface area contributed by atoms with Crippen molar-refractivity contribution in [3.05, 3.63) is 47.4 Å². The van der Waals surface area contributed by atoms with E-state index in [-0.39, 0.29) is 0 Å².